The van der Waals surface area contributed by atoms with E-state index in [0.29, 0.717) is 5.56 Å². The summed E-state index contributed by atoms with van der Waals surface area (Å²) in [6, 6.07) is 19.6. The number of aromatic hydroxyl groups is 1. The molecule has 1 atom stereocenters. The van der Waals surface area contributed by atoms with Crippen molar-refractivity contribution in [2.24, 2.45) is 0 Å². The lowest BCUT2D eigenvalue weighted by molar-refractivity contribution is -0.142. The van der Waals surface area contributed by atoms with Crippen molar-refractivity contribution in [2.75, 3.05) is 7.11 Å². The second-order valence-corrected chi connectivity index (χ2v) is 5.55. The van der Waals surface area contributed by atoms with Crippen molar-refractivity contribution in [3.05, 3.63) is 66.2 Å². The van der Waals surface area contributed by atoms with E-state index in [9.17, 15) is 9.90 Å². The van der Waals surface area contributed by atoms with Crippen LogP contribution < -0.4 is 0 Å². The highest BCUT2D eigenvalue weighted by molar-refractivity contribution is 5.97. The Morgan fingerprint density at radius 1 is 1.04 bits per heavy atom. The number of ether oxygens (including phenoxy) is 1. The lowest BCUT2D eigenvalue weighted by atomic mass is 9.94. The lowest BCUT2D eigenvalue weighted by Gasteiger charge is -2.13. The molecule has 116 valence electrons. The molecule has 0 saturated heterocycles. The molecule has 0 bridgehead atoms. The minimum Gasteiger partial charge on any atom is -0.508 e. The zero-order chi connectivity index (χ0) is 16.4. The highest BCUT2D eigenvalue weighted by Gasteiger charge is 2.19. The first-order valence-corrected chi connectivity index (χ1v) is 7.50. The van der Waals surface area contributed by atoms with Gasteiger partial charge in [0.25, 0.3) is 0 Å². The van der Waals surface area contributed by atoms with Gasteiger partial charge in [0.05, 0.1) is 13.0 Å². The summed E-state index contributed by atoms with van der Waals surface area (Å²) >= 11 is 0. The van der Waals surface area contributed by atoms with Gasteiger partial charge in [-0.2, -0.15) is 0 Å². The van der Waals surface area contributed by atoms with Crippen molar-refractivity contribution in [3.8, 4) is 16.9 Å². The zero-order valence-electron chi connectivity index (χ0n) is 13.1. The molecule has 0 saturated carbocycles. The smallest absolute Gasteiger partial charge is 0.312 e. The molecule has 0 aromatic heterocycles. The molecule has 3 nitrogen and oxygen atoms in total. The van der Waals surface area contributed by atoms with Gasteiger partial charge in [-0.05, 0) is 34.9 Å². The fourth-order valence-electron chi connectivity index (χ4n) is 2.86. The molecule has 0 aliphatic carbocycles. The maximum atomic E-state index is 11.7. The van der Waals surface area contributed by atoms with Gasteiger partial charge in [-0.1, -0.05) is 54.6 Å². The quantitative estimate of drug-likeness (QED) is 0.725. The average molecular weight is 306 g/mol. The number of rotatable bonds is 3. The molecular formula is C20H18O3. The van der Waals surface area contributed by atoms with Crippen molar-refractivity contribution >= 4 is 16.7 Å². The predicted octanol–water partition coefficient (Wildman–Crippen LogP) is 4.49. The van der Waals surface area contributed by atoms with Gasteiger partial charge >= 0.3 is 5.97 Å². The van der Waals surface area contributed by atoms with Crippen LogP contribution in [0.15, 0.2) is 60.7 Å². The summed E-state index contributed by atoms with van der Waals surface area (Å²) in [5.74, 6) is -0.756. The average Bonchev–Trinajstić information content (AvgIpc) is 2.59. The summed E-state index contributed by atoms with van der Waals surface area (Å²) in [5.41, 5.74) is 2.54. The summed E-state index contributed by atoms with van der Waals surface area (Å²) < 4.78 is 4.74. The topological polar surface area (TPSA) is 46.5 Å². The molecule has 0 heterocycles. The number of benzene rings is 3. The first-order chi connectivity index (χ1) is 11.1. The van der Waals surface area contributed by atoms with Crippen LogP contribution in [0.25, 0.3) is 21.9 Å². The fourth-order valence-corrected chi connectivity index (χ4v) is 2.86. The summed E-state index contributed by atoms with van der Waals surface area (Å²) in [4.78, 5) is 11.7. The number of fused-ring (bicyclic) bond motifs is 1. The fraction of sp³-hybridized carbons (Fsp3) is 0.150. The Balaban J connectivity index is 2.08. The summed E-state index contributed by atoms with van der Waals surface area (Å²) in [7, 11) is 1.35. The molecule has 0 amide bonds. The molecule has 3 heteroatoms. The Morgan fingerprint density at radius 3 is 2.52 bits per heavy atom. The molecule has 1 N–H and O–H groups in total. The van der Waals surface area contributed by atoms with E-state index < -0.39 is 5.92 Å². The van der Waals surface area contributed by atoms with Crippen molar-refractivity contribution < 1.29 is 14.6 Å². The van der Waals surface area contributed by atoms with E-state index >= 15 is 0 Å². The predicted molar refractivity (Wildman–Crippen MR) is 91.5 cm³/mol. The van der Waals surface area contributed by atoms with Crippen molar-refractivity contribution in [1.82, 2.24) is 0 Å². The summed E-state index contributed by atoms with van der Waals surface area (Å²) in [6.07, 6.45) is 0. The number of hydrogen-bond acceptors (Lipinski definition) is 3. The molecule has 1 unspecified atom stereocenters. The van der Waals surface area contributed by atoms with E-state index in [-0.39, 0.29) is 11.7 Å². The number of methoxy groups -OCH3 is 1. The molecule has 0 radical (unpaired) electrons. The Hall–Kier alpha value is -2.81. The van der Waals surface area contributed by atoms with Gasteiger partial charge in [0.2, 0.25) is 0 Å². The molecule has 0 aliphatic heterocycles. The molecule has 3 rings (SSSR count). The lowest BCUT2D eigenvalue weighted by Crippen LogP contribution is -2.10. The van der Waals surface area contributed by atoms with Gasteiger partial charge in [-0.25, -0.2) is 0 Å². The number of esters is 1. The van der Waals surface area contributed by atoms with Gasteiger partial charge in [0, 0.05) is 5.56 Å². The first kappa shape index (κ1) is 15.1. The van der Waals surface area contributed by atoms with Crippen LogP contribution in [0.2, 0.25) is 0 Å². The molecule has 23 heavy (non-hydrogen) atoms. The van der Waals surface area contributed by atoms with Crippen LogP contribution in [0.3, 0.4) is 0 Å². The molecule has 3 aromatic rings. The number of carbonyl (C=O) groups excluding carboxylic acids is 1. The third kappa shape index (κ3) is 2.78. The van der Waals surface area contributed by atoms with Gasteiger partial charge in [0.15, 0.2) is 0 Å². The zero-order valence-corrected chi connectivity index (χ0v) is 13.1. The van der Waals surface area contributed by atoms with Crippen LogP contribution in [-0.2, 0) is 9.53 Å². The first-order valence-electron chi connectivity index (χ1n) is 7.50. The monoisotopic (exact) mass is 306 g/mol. The van der Waals surface area contributed by atoms with Crippen molar-refractivity contribution in [3.63, 3.8) is 0 Å². The normalized spacial score (nSPS) is 12.1. The van der Waals surface area contributed by atoms with Gasteiger partial charge in [-0.3, -0.25) is 4.79 Å². The van der Waals surface area contributed by atoms with Crippen LogP contribution in [0.4, 0.5) is 0 Å². The summed E-state index contributed by atoms with van der Waals surface area (Å²) in [5, 5.41) is 12.6. The third-order valence-electron chi connectivity index (χ3n) is 4.15. The third-order valence-corrected chi connectivity index (χ3v) is 4.15. The van der Waals surface area contributed by atoms with Crippen molar-refractivity contribution in [2.45, 2.75) is 12.8 Å². The molecule has 3 aromatic carbocycles. The Labute approximate surface area is 135 Å². The van der Waals surface area contributed by atoms with Crippen molar-refractivity contribution in [1.29, 1.82) is 0 Å². The van der Waals surface area contributed by atoms with Gasteiger partial charge < -0.3 is 9.84 Å². The highest BCUT2D eigenvalue weighted by Crippen LogP contribution is 2.34. The second kappa shape index (κ2) is 6.13. The van der Waals surface area contributed by atoms with E-state index in [0.717, 1.165) is 21.9 Å². The maximum absolute atomic E-state index is 11.7. The Kier molecular flexibility index (Phi) is 4.02. The number of phenolic OH excluding ortho intramolecular Hbond substituents is 1. The minimum absolute atomic E-state index is 0.105. The van der Waals surface area contributed by atoms with Crippen LogP contribution in [0, 0.1) is 0 Å². The van der Waals surface area contributed by atoms with E-state index in [2.05, 4.69) is 18.2 Å². The largest absolute Gasteiger partial charge is 0.508 e. The van der Waals surface area contributed by atoms with E-state index in [1.165, 1.54) is 7.11 Å². The van der Waals surface area contributed by atoms with Gasteiger partial charge in [0.1, 0.15) is 5.75 Å². The van der Waals surface area contributed by atoms with E-state index in [1.54, 1.807) is 19.1 Å². The molecule has 0 fully saturated rings. The second-order valence-electron chi connectivity index (χ2n) is 5.55. The number of carbonyl (C=O) groups is 1. The van der Waals surface area contributed by atoms with E-state index in [4.69, 9.17) is 4.74 Å². The molecule has 0 spiro atoms. The molecular weight excluding hydrogens is 288 g/mol. The maximum Gasteiger partial charge on any atom is 0.312 e. The standard InChI is InChI=1S/C20H18O3/c1-13(20(22)23-2)16-11-10-15(12-19(16)21)18-9-5-7-14-6-3-4-8-17(14)18/h3-13,21H,1-2H3. The Morgan fingerprint density at radius 2 is 1.78 bits per heavy atom. The van der Waals surface area contributed by atoms with E-state index in [1.807, 2.05) is 30.3 Å². The molecule has 0 aliphatic rings. The number of phenols is 1. The van der Waals surface area contributed by atoms with Crippen LogP contribution in [-0.4, -0.2) is 18.2 Å². The van der Waals surface area contributed by atoms with Crippen LogP contribution in [0.5, 0.6) is 5.75 Å². The number of hydrogen-bond donors (Lipinski definition) is 1. The highest BCUT2D eigenvalue weighted by atomic mass is 16.5. The van der Waals surface area contributed by atoms with Crippen LogP contribution in [0.1, 0.15) is 18.4 Å². The SMILES string of the molecule is COC(=O)C(C)c1ccc(-c2cccc3ccccc23)cc1O. The van der Waals surface area contributed by atoms with Crippen LogP contribution >= 0.6 is 0 Å². The Bertz CT molecular complexity index is 862. The van der Waals surface area contributed by atoms with Gasteiger partial charge in [-0.15, -0.1) is 0 Å². The summed E-state index contributed by atoms with van der Waals surface area (Å²) in [6.45, 7) is 1.72. The minimum atomic E-state index is -0.499.